The fourth-order valence-corrected chi connectivity index (χ4v) is 4.32. The Balaban J connectivity index is 1.79. The summed E-state index contributed by atoms with van der Waals surface area (Å²) in [4.78, 5) is 12.1. The van der Waals surface area contributed by atoms with Crippen LogP contribution in [0.25, 0.3) is 0 Å². The van der Waals surface area contributed by atoms with Crippen molar-refractivity contribution in [1.82, 2.24) is 5.01 Å². The molecule has 0 amide bonds. The minimum atomic E-state index is -0.398. The number of aryl methyl sites for hydroxylation is 1. The number of carbonyl (C=O) groups is 1. The van der Waals surface area contributed by atoms with Gasteiger partial charge < -0.3 is 9.47 Å². The summed E-state index contributed by atoms with van der Waals surface area (Å²) >= 11 is 0. The molecule has 0 spiro atoms. The predicted molar refractivity (Wildman–Crippen MR) is 113 cm³/mol. The van der Waals surface area contributed by atoms with Crippen molar-refractivity contribution in [2.45, 2.75) is 32.7 Å². The highest BCUT2D eigenvalue weighted by molar-refractivity contribution is 6.06. The van der Waals surface area contributed by atoms with Crippen molar-refractivity contribution in [3.05, 3.63) is 76.7 Å². The molecule has 0 N–H and O–H groups in total. The van der Waals surface area contributed by atoms with E-state index in [1.807, 2.05) is 24.1 Å². The maximum absolute atomic E-state index is 13.6. The second-order valence-electron chi connectivity index (χ2n) is 7.53. The average molecular weight is 408 g/mol. The highest BCUT2D eigenvalue weighted by Gasteiger charge is 2.42. The number of hydrazone groups is 1. The number of esters is 1. The van der Waals surface area contributed by atoms with Crippen LogP contribution in [0.15, 0.2) is 59.3 Å². The Bertz CT molecular complexity index is 1010. The first-order valence-corrected chi connectivity index (χ1v) is 10.2. The van der Waals surface area contributed by atoms with Crippen molar-refractivity contribution in [1.29, 1.82) is 0 Å². The van der Waals surface area contributed by atoms with E-state index in [-0.39, 0.29) is 17.8 Å². The highest BCUT2D eigenvalue weighted by atomic mass is 19.1. The number of fused-ring (bicyclic) bond motifs is 3. The topological polar surface area (TPSA) is 51.1 Å². The van der Waals surface area contributed by atoms with Crippen LogP contribution in [0.3, 0.4) is 0 Å². The molecule has 2 aromatic carbocycles. The number of hydrogen-bond acceptors (Lipinski definition) is 5. The summed E-state index contributed by atoms with van der Waals surface area (Å²) < 4.78 is 24.1. The Labute approximate surface area is 175 Å². The molecule has 1 aliphatic carbocycles. The number of hydrogen-bond donors (Lipinski definition) is 0. The van der Waals surface area contributed by atoms with Crippen LogP contribution < -0.4 is 4.74 Å². The zero-order chi connectivity index (χ0) is 21.3. The molecule has 6 heteroatoms. The molecule has 2 aliphatic rings. The Morgan fingerprint density at radius 3 is 2.73 bits per heavy atom. The third kappa shape index (κ3) is 3.70. The van der Waals surface area contributed by atoms with E-state index in [0.29, 0.717) is 12.3 Å². The third-order valence-corrected chi connectivity index (χ3v) is 5.72. The van der Waals surface area contributed by atoms with Crippen LogP contribution in [0.5, 0.6) is 5.75 Å². The number of allylic oxidation sites excluding steroid dienone is 1. The van der Waals surface area contributed by atoms with Gasteiger partial charge in [-0.2, -0.15) is 5.10 Å². The lowest BCUT2D eigenvalue weighted by Gasteiger charge is -2.31. The average Bonchev–Trinajstić information content (AvgIpc) is 3.14. The van der Waals surface area contributed by atoms with Crippen molar-refractivity contribution in [3.8, 4) is 5.75 Å². The van der Waals surface area contributed by atoms with Gasteiger partial charge >= 0.3 is 5.97 Å². The van der Waals surface area contributed by atoms with E-state index in [0.717, 1.165) is 35.4 Å². The van der Waals surface area contributed by atoms with E-state index in [4.69, 9.17) is 14.6 Å². The molecule has 4 rings (SSSR count). The second-order valence-corrected chi connectivity index (χ2v) is 7.53. The molecule has 2 atom stereocenters. The monoisotopic (exact) mass is 408 g/mol. The summed E-state index contributed by atoms with van der Waals surface area (Å²) in [7, 11) is 1.65. The zero-order valence-corrected chi connectivity index (χ0v) is 17.4. The summed E-state index contributed by atoms with van der Waals surface area (Å²) in [5.74, 6) is 0.236. The van der Waals surface area contributed by atoms with Gasteiger partial charge in [0.25, 0.3) is 0 Å². The van der Waals surface area contributed by atoms with Gasteiger partial charge in [0.15, 0.2) is 0 Å². The fraction of sp³-hybridized carbons (Fsp3) is 0.333. The van der Waals surface area contributed by atoms with Crippen LogP contribution in [-0.4, -0.2) is 30.4 Å². The van der Waals surface area contributed by atoms with Crippen molar-refractivity contribution >= 4 is 11.7 Å². The van der Waals surface area contributed by atoms with E-state index >= 15 is 0 Å². The molecule has 2 aromatic rings. The first-order valence-electron chi connectivity index (χ1n) is 10.2. The Kier molecular flexibility index (Phi) is 5.57. The third-order valence-electron chi connectivity index (χ3n) is 5.72. The van der Waals surface area contributed by atoms with Crippen molar-refractivity contribution in [2.24, 2.45) is 11.0 Å². The van der Waals surface area contributed by atoms with Gasteiger partial charge in [0.2, 0.25) is 0 Å². The van der Waals surface area contributed by atoms with Gasteiger partial charge in [-0.1, -0.05) is 18.2 Å². The van der Waals surface area contributed by atoms with Crippen molar-refractivity contribution in [2.75, 3.05) is 13.7 Å². The molecule has 0 radical (unpaired) electrons. The number of carbonyl (C=O) groups excluding carboxylic acids is 1. The lowest BCUT2D eigenvalue weighted by Crippen LogP contribution is -2.28. The van der Waals surface area contributed by atoms with E-state index < -0.39 is 5.97 Å². The van der Waals surface area contributed by atoms with E-state index in [1.54, 1.807) is 26.2 Å². The number of halogens is 1. The fourth-order valence-electron chi connectivity index (χ4n) is 4.32. The summed E-state index contributed by atoms with van der Waals surface area (Å²) in [5.41, 5.74) is 4.93. The Hall–Kier alpha value is -3.15. The molecule has 0 bridgehead atoms. The van der Waals surface area contributed by atoms with Crippen LogP contribution in [0.1, 0.15) is 43.0 Å². The molecule has 0 saturated heterocycles. The molecule has 1 aliphatic heterocycles. The molecule has 2 unspecified atom stereocenters. The van der Waals surface area contributed by atoms with Gasteiger partial charge in [0, 0.05) is 23.3 Å². The first kappa shape index (κ1) is 20.1. The molecular formula is C24H25FN2O3. The van der Waals surface area contributed by atoms with Crippen LogP contribution in [0.4, 0.5) is 4.39 Å². The van der Waals surface area contributed by atoms with Crippen molar-refractivity contribution in [3.63, 3.8) is 0 Å². The number of methoxy groups -OCH3 is 1. The first-order chi connectivity index (χ1) is 14.5. The maximum Gasteiger partial charge on any atom is 0.332 e. The molecule has 0 fully saturated rings. The van der Waals surface area contributed by atoms with E-state index in [1.165, 1.54) is 23.8 Å². The van der Waals surface area contributed by atoms with Gasteiger partial charge in [-0.25, -0.2) is 9.18 Å². The number of ether oxygens (including phenoxy) is 2. The molecule has 0 aromatic heterocycles. The largest absolute Gasteiger partial charge is 0.497 e. The maximum atomic E-state index is 13.6. The Morgan fingerprint density at radius 2 is 2.03 bits per heavy atom. The molecule has 0 saturated carbocycles. The minimum Gasteiger partial charge on any atom is -0.497 e. The van der Waals surface area contributed by atoms with Gasteiger partial charge in [0.05, 0.1) is 25.5 Å². The molecule has 30 heavy (non-hydrogen) atoms. The summed E-state index contributed by atoms with van der Waals surface area (Å²) in [6.07, 6.45) is 3.31. The highest BCUT2D eigenvalue weighted by Crippen LogP contribution is 2.45. The summed E-state index contributed by atoms with van der Waals surface area (Å²) in [6.45, 7) is 3.94. The normalized spacial score (nSPS) is 20.3. The molecular weight excluding hydrogens is 383 g/mol. The second kappa shape index (κ2) is 8.30. The van der Waals surface area contributed by atoms with Gasteiger partial charge in [-0.3, -0.25) is 5.01 Å². The standard InChI is InChI=1S/C24H25FN2O3/c1-4-30-22(28)13-15(2)27-24(17-5-9-18(25)10-6-17)20-12-8-16-7-11-19(29-3)14-21(16)23(20)26-27/h5-7,9-11,13-14,20,24H,4,8,12H2,1-3H3/b15-13+. The number of rotatable bonds is 5. The van der Waals surface area contributed by atoms with Crippen LogP contribution in [0, 0.1) is 11.7 Å². The van der Waals surface area contributed by atoms with Crippen LogP contribution in [-0.2, 0) is 16.0 Å². The van der Waals surface area contributed by atoms with Crippen LogP contribution in [0.2, 0.25) is 0 Å². The van der Waals surface area contributed by atoms with Gasteiger partial charge in [0.1, 0.15) is 11.6 Å². The lowest BCUT2D eigenvalue weighted by molar-refractivity contribution is -0.137. The molecule has 156 valence electrons. The minimum absolute atomic E-state index is 0.120. The van der Waals surface area contributed by atoms with Gasteiger partial charge in [-0.15, -0.1) is 0 Å². The molecule has 1 heterocycles. The molecule has 5 nitrogen and oxygen atoms in total. The van der Waals surface area contributed by atoms with E-state index in [9.17, 15) is 9.18 Å². The zero-order valence-electron chi connectivity index (χ0n) is 17.4. The summed E-state index contributed by atoms with van der Waals surface area (Å²) in [6, 6.07) is 12.5. The SMILES string of the molecule is CCOC(=O)/C=C(\C)N1N=C2c3cc(OC)ccc3CCC2C1c1ccc(F)cc1. The Morgan fingerprint density at radius 1 is 1.27 bits per heavy atom. The quantitative estimate of drug-likeness (QED) is 0.535. The smallest absolute Gasteiger partial charge is 0.332 e. The van der Waals surface area contributed by atoms with E-state index in [2.05, 4.69) is 6.07 Å². The van der Waals surface area contributed by atoms with Crippen LogP contribution >= 0.6 is 0 Å². The van der Waals surface area contributed by atoms with Gasteiger partial charge in [-0.05, 0) is 62.1 Å². The number of nitrogens with zero attached hydrogens (tertiary/aromatic N) is 2. The lowest BCUT2D eigenvalue weighted by atomic mass is 9.77. The summed E-state index contributed by atoms with van der Waals surface area (Å²) in [5, 5.41) is 6.82. The van der Waals surface area contributed by atoms with Crippen molar-refractivity contribution < 1.29 is 18.7 Å². The number of benzene rings is 2. The predicted octanol–water partition coefficient (Wildman–Crippen LogP) is 4.62.